The predicted molar refractivity (Wildman–Crippen MR) is 110 cm³/mol. The zero-order valence-electron chi connectivity index (χ0n) is 16.5. The molecule has 2 aromatic rings. The number of hydrogen-bond donors (Lipinski definition) is 0. The summed E-state index contributed by atoms with van der Waals surface area (Å²) in [6.07, 6.45) is 4.45. The number of esters is 1. The summed E-state index contributed by atoms with van der Waals surface area (Å²) in [5, 5.41) is 0. The number of Topliss-reactive ketones (excluding diaryl/α,β-unsaturated/α-hetero) is 1. The summed E-state index contributed by atoms with van der Waals surface area (Å²) >= 11 is 0. The van der Waals surface area contributed by atoms with Crippen molar-refractivity contribution in [3.8, 4) is 0 Å². The molecule has 0 aromatic heterocycles. The maximum absolute atomic E-state index is 12.9. The van der Waals surface area contributed by atoms with Gasteiger partial charge in [0.25, 0.3) is 0 Å². The predicted octanol–water partition coefficient (Wildman–Crippen LogP) is 3.43. The van der Waals surface area contributed by atoms with E-state index in [4.69, 9.17) is 4.74 Å². The lowest BCUT2D eigenvalue weighted by Gasteiger charge is -2.22. The summed E-state index contributed by atoms with van der Waals surface area (Å²) in [6, 6.07) is 14.8. The van der Waals surface area contributed by atoms with E-state index in [1.54, 1.807) is 42.5 Å². The first-order valence-corrected chi connectivity index (χ1v) is 9.87. The molecule has 2 aliphatic rings. The maximum Gasteiger partial charge on any atom is 0.338 e. The number of carbonyl (C=O) groups is 4. The second-order valence-electron chi connectivity index (χ2n) is 7.58. The highest BCUT2D eigenvalue weighted by Gasteiger charge is 2.50. The Bertz CT molecular complexity index is 1040. The average Bonchev–Trinajstić information content (AvgIpc) is 3.03. The SMILES string of the molecule is C[C@@H]1C=CC[C@@H]2C(=O)N(c3cccc(C(=O)OCC(=O)c4ccccc4)c3)C(=O)[C@H]12. The van der Waals surface area contributed by atoms with E-state index < -0.39 is 5.97 Å². The highest BCUT2D eigenvalue weighted by Crippen LogP contribution is 2.40. The molecule has 4 rings (SSSR count). The Kier molecular flexibility index (Phi) is 5.31. The number of benzene rings is 2. The second-order valence-corrected chi connectivity index (χ2v) is 7.58. The molecule has 3 atom stereocenters. The maximum atomic E-state index is 12.9. The van der Waals surface area contributed by atoms with Gasteiger partial charge in [-0.25, -0.2) is 4.79 Å². The van der Waals surface area contributed by atoms with Crippen molar-refractivity contribution in [3.05, 3.63) is 77.9 Å². The summed E-state index contributed by atoms with van der Waals surface area (Å²) in [5.74, 6) is -2.23. The van der Waals surface area contributed by atoms with E-state index in [2.05, 4.69) is 0 Å². The van der Waals surface area contributed by atoms with Crippen LogP contribution in [0.1, 0.15) is 34.1 Å². The molecular weight excluding hydrogens is 382 g/mol. The summed E-state index contributed by atoms with van der Waals surface area (Å²) in [6.45, 7) is 1.54. The molecule has 1 saturated heterocycles. The highest BCUT2D eigenvalue weighted by molar-refractivity contribution is 6.22. The van der Waals surface area contributed by atoms with Crippen LogP contribution in [0.15, 0.2) is 66.7 Å². The Balaban J connectivity index is 1.49. The Morgan fingerprint density at radius 1 is 1.00 bits per heavy atom. The van der Waals surface area contributed by atoms with E-state index >= 15 is 0 Å². The fourth-order valence-corrected chi connectivity index (χ4v) is 4.10. The van der Waals surface area contributed by atoms with Crippen molar-refractivity contribution >= 4 is 29.3 Å². The molecule has 0 saturated carbocycles. The fraction of sp³-hybridized carbons (Fsp3) is 0.250. The summed E-state index contributed by atoms with van der Waals surface area (Å²) in [4.78, 5) is 51.5. The first kappa shape index (κ1) is 19.8. The van der Waals surface area contributed by atoms with Crippen LogP contribution in [0.4, 0.5) is 5.69 Å². The van der Waals surface area contributed by atoms with Crippen LogP contribution in [0.5, 0.6) is 0 Å². The summed E-state index contributed by atoms with van der Waals surface area (Å²) in [7, 11) is 0. The Labute approximate surface area is 174 Å². The molecule has 6 nitrogen and oxygen atoms in total. The topological polar surface area (TPSA) is 80.8 Å². The van der Waals surface area contributed by atoms with Gasteiger partial charge in [0, 0.05) is 5.56 Å². The van der Waals surface area contributed by atoms with Crippen molar-refractivity contribution in [1.29, 1.82) is 0 Å². The number of nitrogens with zero attached hydrogens (tertiary/aromatic N) is 1. The fourth-order valence-electron chi connectivity index (χ4n) is 4.10. The second kappa shape index (κ2) is 8.06. The number of carbonyl (C=O) groups excluding carboxylic acids is 4. The zero-order chi connectivity index (χ0) is 21.3. The largest absolute Gasteiger partial charge is 0.454 e. The van der Waals surface area contributed by atoms with E-state index in [1.165, 1.54) is 17.0 Å². The standard InChI is InChI=1S/C24H21NO5/c1-15-7-5-12-19-21(15)23(28)25(22(19)27)18-11-6-10-17(13-18)24(29)30-14-20(26)16-8-3-2-4-9-16/h2-11,13,15,19,21H,12,14H2,1H3/t15-,19+,21-/m1/s1. The molecule has 1 aliphatic heterocycles. The van der Waals surface area contributed by atoms with Gasteiger partial charge in [0.1, 0.15) is 0 Å². The molecule has 0 radical (unpaired) electrons. The van der Waals surface area contributed by atoms with Gasteiger partial charge in [-0.15, -0.1) is 0 Å². The molecule has 1 heterocycles. The van der Waals surface area contributed by atoms with Crippen LogP contribution in [0.25, 0.3) is 0 Å². The summed E-state index contributed by atoms with van der Waals surface area (Å²) < 4.78 is 5.14. The molecule has 6 heteroatoms. The first-order valence-electron chi connectivity index (χ1n) is 9.87. The van der Waals surface area contributed by atoms with Crippen molar-refractivity contribution in [1.82, 2.24) is 0 Å². The number of amides is 2. The molecule has 2 amide bonds. The molecule has 152 valence electrons. The molecule has 30 heavy (non-hydrogen) atoms. The molecule has 2 aromatic carbocycles. The lowest BCUT2D eigenvalue weighted by atomic mass is 9.78. The summed E-state index contributed by atoms with van der Waals surface area (Å²) in [5.41, 5.74) is 0.975. The quantitative estimate of drug-likeness (QED) is 0.331. The number of hydrogen-bond acceptors (Lipinski definition) is 5. The van der Waals surface area contributed by atoms with Crippen LogP contribution in [0, 0.1) is 17.8 Å². The van der Waals surface area contributed by atoms with Gasteiger partial charge in [0.2, 0.25) is 11.8 Å². The lowest BCUT2D eigenvalue weighted by molar-refractivity contribution is -0.122. The third-order valence-electron chi connectivity index (χ3n) is 5.64. The number of ether oxygens (including phenoxy) is 1. The van der Waals surface area contributed by atoms with Crippen molar-refractivity contribution in [2.24, 2.45) is 17.8 Å². The Morgan fingerprint density at radius 2 is 1.73 bits per heavy atom. The third-order valence-corrected chi connectivity index (χ3v) is 5.64. The van der Waals surface area contributed by atoms with Crippen LogP contribution in [0.3, 0.4) is 0 Å². The minimum Gasteiger partial charge on any atom is -0.454 e. The first-order chi connectivity index (χ1) is 14.5. The Morgan fingerprint density at radius 3 is 2.47 bits per heavy atom. The van der Waals surface area contributed by atoms with Crippen molar-refractivity contribution in [2.45, 2.75) is 13.3 Å². The Hall–Kier alpha value is -3.54. The molecule has 0 spiro atoms. The van der Waals surface area contributed by atoms with Gasteiger partial charge < -0.3 is 4.74 Å². The number of rotatable bonds is 5. The number of ketones is 1. The minimum atomic E-state index is -0.687. The van der Waals surface area contributed by atoms with Gasteiger partial charge in [-0.05, 0) is 30.5 Å². The van der Waals surface area contributed by atoms with Gasteiger partial charge in [-0.3, -0.25) is 19.3 Å². The van der Waals surface area contributed by atoms with Crippen LogP contribution in [0.2, 0.25) is 0 Å². The number of anilines is 1. The average molecular weight is 403 g/mol. The molecule has 1 fully saturated rings. The van der Waals surface area contributed by atoms with Crippen molar-refractivity contribution in [3.63, 3.8) is 0 Å². The monoisotopic (exact) mass is 403 g/mol. The third kappa shape index (κ3) is 3.56. The van der Waals surface area contributed by atoms with E-state index in [0.29, 0.717) is 17.7 Å². The van der Waals surface area contributed by atoms with Gasteiger partial charge in [-0.2, -0.15) is 0 Å². The van der Waals surface area contributed by atoms with Crippen LogP contribution in [-0.4, -0.2) is 30.2 Å². The number of imide groups is 1. The van der Waals surface area contributed by atoms with Crippen LogP contribution >= 0.6 is 0 Å². The molecule has 0 unspecified atom stereocenters. The highest BCUT2D eigenvalue weighted by atomic mass is 16.5. The lowest BCUT2D eigenvalue weighted by Crippen LogP contribution is -2.31. The molecular formula is C24H21NO5. The number of allylic oxidation sites excluding steroid dienone is 2. The molecule has 0 bridgehead atoms. The van der Waals surface area contributed by atoms with Gasteiger partial charge >= 0.3 is 5.97 Å². The smallest absolute Gasteiger partial charge is 0.338 e. The van der Waals surface area contributed by atoms with E-state index in [-0.39, 0.29) is 47.5 Å². The zero-order valence-corrected chi connectivity index (χ0v) is 16.5. The van der Waals surface area contributed by atoms with E-state index in [9.17, 15) is 19.2 Å². The van der Waals surface area contributed by atoms with Gasteiger partial charge in [-0.1, -0.05) is 55.5 Å². The van der Waals surface area contributed by atoms with Crippen LogP contribution < -0.4 is 4.90 Å². The number of fused-ring (bicyclic) bond motifs is 1. The van der Waals surface area contributed by atoms with Crippen LogP contribution in [-0.2, 0) is 14.3 Å². The van der Waals surface area contributed by atoms with Gasteiger partial charge in [0.05, 0.1) is 23.1 Å². The molecule has 0 N–H and O–H groups in total. The van der Waals surface area contributed by atoms with Crippen molar-refractivity contribution in [2.75, 3.05) is 11.5 Å². The van der Waals surface area contributed by atoms with E-state index in [1.807, 2.05) is 19.1 Å². The molecule has 1 aliphatic carbocycles. The van der Waals surface area contributed by atoms with E-state index in [0.717, 1.165) is 0 Å². The minimum absolute atomic E-state index is 0.0117. The normalized spacial score (nSPS) is 22.7. The van der Waals surface area contributed by atoms with Gasteiger partial charge in [0.15, 0.2) is 12.4 Å². The van der Waals surface area contributed by atoms with Crippen molar-refractivity contribution < 1.29 is 23.9 Å².